The van der Waals surface area contributed by atoms with Gasteiger partial charge in [-0.05, 0) is 24.6 Å². The molecule has 1 aliphatic carbocycles. The molecule has 0 bridgehead atoms. The second-order valence-electron chi connectivity index (χ2n) is 4.06. The molecule has 17 heavy (non-hydrogen) atoms. The van der Waals surface area contributed by atoms with Crippen LogP contribution in [0.5, 0.6) is 0 Å². The zero-order chi connectivity index (χ0) is 12.3. The smallest absolute Gasteiger partial charge is 0.217 e. The summed E-state index contributed by atoms with van der Waals surface area (Å²) >= 11 is 0. The van der Waals surface area contributed by atoms with Gasteiger partial charge in [0, 0.05) is 31.2 Å². The minimum Gasteiger partial charge on any atom is -0.350 e. The van der Waals surface area contributed by atoms with E-state index in [9.17, 15) is 9.59 Å². The number of ketones is 1. The normalized spacial score (nSPS) is 19.7. The number of rotatable bonds is 2. The predicted octanol–water partition coefficient (Wildman–Crippen LogP) is 1.33. The third-order valence-electron chi connectivity index (χ3n) is 2.68. The summed E-state index contributed by atoms with van der Waals surface area (Å²) in [5.74, 6) is 0.00581. The number of allylic oxidation sites excluding steroid dienone is 1. The number of nitrogens with one attached hydrogen (secondary N) is 1. The quantitative estimate of drug-likeness (QED) is 0.833. The number of hydrogen-bond donors (Lipinski definition) is 1. The third-order valence-corrected chi connectivity index (χ3v) is 2.68. The molecule has 0 radical (unpaired) electrons. The van der Waals surface area contributed by atoms with Gasteiger partial charge >= 0.3 is 0 Å². The molecule has 88 valence electrons. The SMILES string of the molecule is CC(=O)NC1C=C(c2ccccn2)C(=O)CC1. The summed E-state index contributed by atoms with van der Waals surface area (Å²) in [7, 11) is 0. The van der Waals surface area contributed by atoms with E-state index in [-0.39, 0.29) is 17.7 Å². The molecule has 0 aliphatic heterocycles. The fraction of sp³-hybridized carbons (Fsp3) is 0.308. The molecular formula is C13H14N2O2. The van der Waals surface area contributed by atoms with Crippen molar-refractivity contribution in [3.63, 3.8) is 0 Å². The molecule has 0 spiro atoms. The number of pyridine rings is 1. The Bertz CT molecular complexity index is 466. The van der Waals surface area contributed by atoms with E-state index in [2.05, 4.69) is 10.3 Å². The zero-order valence-corrected chi connectivity index (χ0v) is 9.64. The summed E-state index contributed by atoms with van der Waals surface area (Å²) in [6.07, 6.45) is 4.57. The molecule has 0 fully saturated rings. The van der Waals surface area contributed by atoms with Crippen LogP contribution in [-0.4, -0.2) is 22.7 Å². The lowest BCUT2D eigenvalue weighted by molar-refractivity contribution is -0.120. The second kappa shape index (κ2) is 4.91. The molecule has 1 aromatic heterocycles. The molecule has 4 heteroatoms. The van der Waals surface area contributed by atoms with Crippen LogP contribution in [-0.2, 0) is 9.59 Å². The van der Waals surface area contributed by atoms with Crippen molar-refractivity contribution in [2.24, 2.45) is 0 Å². The molecule has 1 N–H and O–H groups in total. The van der Waals surface area contributed by atoms with Crippen molar-refractivity contribution in [3.8, 4) is 0 Å². The summed E-state index contributed by atoms with van der Waals surface area (Å²) in [4.78, 5) is 27.0. The van der Waals surface area contributed by atoms with Gasteiger partial charge in [0.2, 0.25) is 5.91 Å². The highest BCUT2D eigenvalue weighted by molar-refractivity contribution is 6.21. The molecule has 4 nitrogen and oxygen atoms in total. The van der Waals surface area contributed by atoms with Crippen molar-refractivity contribution in [1.82, 2.24) is 10.3 Å². The minimum atomic E-state index is -0.0824. The molecule has 1 aliphatic rings. The Hall–Kier alpha value is -1.97. The molecule has 0 saturated carbocycles. The number of carbonyl (C=O) groups excluding carboxylic acids is 2. The van der Waals surface area contributed by atoms with E-state index in [1.54, 1.807) is 18.3 Å². The van der Waals surface area contributed by atoms with Gasteiger partial charge < -0.3 is 5.32 Å². The Morgan fingerprint density at radius 3 is 2.94 bits per heavy atom. The number of hydrogen-bond acceptors (Lipinski definition) is 3. The average molecular weight is 230 g/mol. The number of nitrogens with zero attached hydrogens (tertiary/aromatic N) is 1. The standard InChI is InChI=1S/C13H14N2O2/c1-9(16)15-10-5-6-13(17)11(8-10)12-4-2-3-7-14-12/h2-4,7-8,10H,5-6H2,1H3,(H,15,16). The lowest BCUT2D eigenvalue weighted by Gasteiger charge is -2.20. The van der Waals surface area contributed by atoms with Crippen LogP contribution in [0.4, 0.5) is 0 Å². The molecule has 1 unspecified atom stereocenters. The predicted molar refractivity (Wildman–Crippen MR) is 64.1 cm³/mol. The van der Waals surface area contributed by atoms with Gasteiger partial charge in [-0.3, -0.25) is 14.6 Å². The molecule has 1 atom stereocenters. The first-order chi connectivity index (χ1) is 8.16. The lowest BCUT2D eigenvalue weighted by Crippen LogP contribution is -2.34. The Labute approximate surface area is 99.7 Å². The number of amides is 1. The highest BCUT2D eigenvalue weighted by Gasteiger charge is 2.22. The van der Waals surface area contributed by atoms with Crippen LogP contribution in [0, 0.1) is 0 Å². The van der Waals surface area contributed by atoms with Crippen molar-refractivity contribution < 1.29 is 9.59 Å². The van der Waals surface area contributed by atoms with Crippen molar-refractivity contribution in [2.75, 3.05) is 0 Å². The van der Waals surface area contributed by atoms with E-state index in [1.807, 2.05) is 12.1 Å². The first kappa shape index (κ1) is 11.5. The summed E-state index contributed by atoms with van der Waals surface area (Å²) in [6, 6.07) is 5.39. The summed E-state index contributed by atoms with van der Waals surface area (Å²) in [5.41, 5.74) is 1.28. The van der Waals surface area contributed by atoms with Gasteiger partial charge in [0.05, 0.1) is 5.69 Å². The van der Waals surface area contributed by atoms with Crippen LogP contribution >= 0.6 is 0 Å². The van der Waals surface area contributed by atoms with Crippen molar-refractivity contribution in [1.29, 1.82) is 0 Å². The van der Waals surface area contributed by atoms with Gasteiger partial charge in [0.15, 0.2) is 5.78 Å². The lowest BCUT2D eigenvalue weighted by atomic mass is 9.92. The average Bonchev–Trinajstić information content (AvgIpc) is 2.32. The first-order valence-electron chi connectivity index (χ1n) is 5.60. The van der Waals surface area contributed by atoms with Gasteiger partial charge in [-0.25, -0.2) is 0 Å². The maximum atomic E-state index is 11.8. The number of Topliss-reactive ketones (excluding diaryl/α,β-unsaturated/α-hetero) is 1. The highest BCUT2D eigenvalue weighted by atomic mass is 16.1. The van der Waals surface area contributed by atoms with Gasteiger partial charge in [-0.15, -0.1) is 0 Å². The van der Waals surface area contributed by atoms with Gasteiger partial charge in [-0.2, -0.15) is 0 Å². The maximum Gasteiger partial charge on any atom is 0.217 e. The van der Waals surface area contributed by atoms with E-state index >= 15 is 0 Å². The van der Waals surface area contributed by atoms with E-state index < -0.39 is 0 Å². The molecule has 1 amide bonds. The molecule has 2 rings (SSSR count). The Balaban J connectivity index is 2.27. The summed E-state index contributed by atoms with van der Waals surface area (Å²) in [5, 5.41) is 2.81. The van der Waals surface area contributed by atoms with Crippen molar-refractivity contribution >= 4 is 17.3 Å². The minimum absolute atomic E-state index is 0.0674. The van der Waals surface area contributed by atoms with Gasteiger partial charge in [0.1, 0.15) is 0 Å². The molecule has 1 heterocycles. The largest absolute Gasteiger partial charge is 0.350 e. The Kier molecular flexibility index (Phi) is 3.32. The Morgan fingerprint density at radius 2 is 2.29 bits per heavy atom. The van der Waals surface area contributed by atoms with Crippen molar-refractivity contribution in [2.45, 2.75) is 25.8 Å². The first-order valence-corrected chi connectivity index (χ1v) is 5.60. The van der Waals surface area contributed by atoms with Crippen LogP contribution in [0.2, 0.25) is 0 Å². The third kappa shape index (κ3) is 2.78. The van der Waals surface area contributed by atoms with E-state index in [4.69, 9.17) is 0 Å². The van der Waals surface area contributed by atoms with E-state index in [0.717, 1.165) is 0 Å². The highest BCUT2D eigenvalue weighted by Crippen LogP contribution is 2.22. The summed E-state index contributed by atoms with van der Waals surface area (Å²) < 4.78 is 0. The summed E-state index contributed by atoms with van der Waals surface area (Å²) in [6.45, 7) is 1.48. The second-order valence-corrected chi connectivity index (χ2v) is 4.06. The monoisotopic (exact) mass is 230 g/mol. The van der Waals surface area contributed by atoms with Crippen LogP contribution in [0.3, 0.4) is 0 Å². The maximum absolute atomic E-state index is 11.8. The van der Waals surface area contributed by atoms with Crippen LogP contribution in [0.1, 0.15) is 25.5 Å². The van der Waals surface area contributed by atoms with Gasteiger partial charge in [0.25, 0.3) is 0 Å². The van der Waals surface area contributed by atoms with E-state index in [1.165, 1.54) is 6.92 Å². The van der Waals surface area contributed by atoms with Crippen LogP contribution in [0.15, 0.2) is 30.5 Å². The fourth-order valence-electron chi connectivity index (χ4n) is 1.92. The topological polar surface area (TPSA) is 59.1 Å². The van der Waals surface area contributed by atoms with Crippen molar-refractivity contribution in [3.05, 3.63) is 36.2 Å². The molecule has 1 aromatic rings. The molecule has 0 saturated heterocycles. The van der Waals surface area contributed by atoms with Gasteiger partial charge in [-0.1, -0.05) is 6.07 Å². The number of aromatic nitrogens is 1. The fourth-order valence-corrected chi connectivity index (χ4v) is 1.92. The van der Waals surface area contributed by atoms with Crippen LogP contribution < -0.4 is 5.32 Å². The molecule has 0 aromatic carbocycles. The Morgan fingerprint density at radius 1 is 1.47 bits per heavy atom. The van der Waals surface area contributed by atoms with Crippen LogP contribution in [0.25, 0.3) is 5.57 Å². The molecular weight excluding hydrogens is 216 g/mol. The van der Waals surface area contributed by atoms with E-state index in [0.29, 0.717) is 24.1 Å². The zero-order valence-electron chi connectivity index (χ0n) is 9.64. The number of carbonyl (C=O) groups is 2.